The Morgan fingerprint density at radius 1 is 1.09 bits per heavy atom. The smallest absolute Gasteiger partial charge is 0.250 e. The van der Waals surface area contributed by atoms with Crippen LogP contribution in [0, 0.1) is 11.7 Å². The van der Waals surface area contributed by atoms with Crippen molar-refractivity contribution in [2.24, 2.45) is 5.92 Å². The van der Waals surface area contributed by atoms with Gasteiger partial charge in [-0.3, -0.25) is 9.69 Å². The van der Waals surface area contributed by atoms with Crippen LogP contribution >= 0.6 is 0 Å². The number of nitrogens with zero attached hydrogens (tertiary/aromatic N) is 2. The Balaban J connectivity index is 1.57. The van der Waals surface area contributed by atoms with E-state index in [4.69, 9.17) is 0 Å². The van der Waals surface area contributed by atoms with Crippen LogP contribution in [0.3, 0.4) is 0 Å². The minimum absolute atomic E-state index is 0.116. The highest BCUT2D eigenvalue weighted by molar-refractivity contribution is 5.19. The number of fused-ring (bicyclic) bond motifs is 4. The van der Waals surface area contributed by atoms with Crippen LogP contribution in [0.5, 0.6) is 0 Å². The number of hydrogen-bond acceptors (Lipinski definition) is 2. The van der Waals surface area contributed by atoms with Crippen LogP contribution in [-0.2, 0) is 13.1 Å². The molecule has 3 heterocycles. The van der Waals surface area contributed by atoms with Crippen molar-refractivity contribution < 1.29 is 4.39 Å². The molecule has 0 amide bonds. The molecule has 1 aromatic carbocycles. The van der Waals surface area contributed by atoms with E-state index in [1.54, 1.807) is 18.2 Å². The lowest BCUT2D eigenvalue weighted by molar-refractivity contribution is 0.114. The number of likely N-dealkylation sites (tertiary alicyclic amines) is 1. The number of aromatic nitrogens is 1. The van der Waals surface area contributed by atoms with Gasteiger partial charge in [-0.05, 0) is 36.1 Å². The summed E-state index contributed by atoms with van der Waals surface area (Å²) in [7, 11) is 0. The first-order valence-electron chi connectivity index (χ1n) is 7.85. The lowest BCUT2D eigenvalue weighted by atomic mass is 9.83. The fourth-order valence-corrected chi connectivity index (χ4v) is 4.02. The maximum absolute atomic E-state index is 13.3. The predicted octanol–water partition coefficient (Wildman–Crippen LogP) is 2.61. The van der Waals surface area contributed by atoms with E-state index in [-0.39, 0.29) is 11.4 Å². The molecule has 0 saturated carbocycles. The fourth-order valence-electron chi connectivity index (χ4n) is 4.02. The van der Waals surface area contributed by atoms with Crippen LogP contribution in [0.4, 0.5) is 4.39 Å². The van der Waals surface area contributed by atoms with E-state index in [1.165, 1.54) is 6.07 Å². The average Bonchev–Trinajstić information content (AvgIpc) is 2.48. The molecule has 22 heavy (non-hydrogen) atoms. The number of benzene rings is 1. The van der Waals surface area contributed by atoms with Crippen LogP contribution < -0.4 is 5.56 Å². The summed E-state index contributed by atoms with van der Waals surface area (Å²) in [5.74, 6) is 0.751. The van der Waals surface area contributed by atoms with Crippen molar-refractivity contribution in [2.45, 2.75) is 25.4 Å². The van der Waals surface area contributed by atoms with Crippen molar-refractivity contribution in [1.82, 2.24) is 9.47 Å². The fraction of sp³-hybridized carbons (Fsp3) is 0.389. The lowest BCUT2D eigenvalue weighted by Crippen LogP contribution is -2.46. The summed E-state index contributed by atoms with van der Waals surface area (Å²) in [6.07, 6.45) is 1.16. The minimum Gasteiger partial charge on any atom is -0.312 e. The Labute approximate surface area is 129 Å². The van der Waals surface area contributed by atoms with E-state index in [0.29, 0.717) is 11.8 Å². The van der Waals surface area contributed by atoms with Crippen molar-refractivity contribution in [3.05, 3.63) is 69.9 Å². The maximum atomic E-state index is 13.3. The van der Waals surface area contributed by atoms with Gasteiger partial charge in [-0.1, -0.05) is 18.2 Å². The monoisotopic (exact) mass is 298 g/mol. The average molecular weight is 298 g/mol. The van der Waals surface area contributed by atoms with Crippen molar-refractivity contribution in [3.63, 3.8) is 0 Å². The summed E-state index contributed by atoms with van der Waals surface area (Å²) < 4.78 is 15.3. The van der Waals surface area contributed by atoms with Gasteiger partial charge in [0.1, 0.15) is 5.82 Å². The normalized spacial score (nSPS) is 24.0. The third-order valence-corrected chi connectivity index (χ3v) is 4.85. The second kappa shape index (κ2) is 5.36. The molecule has 1 saturated heterocycles. The molecule has 2 atom stereocenters. The van der Waals surface area contributed by atoms with Gasteiger partial charge in [-0.2, -0.15) is 0 Å². The predicted molar refractivity (Wildman–Crippen MR) is 83.2 cm³/mol. The van der Waals surface area contributed by atoms with E-state index in [0.717, 1.165) is 43.9 Å². The third-order valence-electron chi connectivity index (χ3n) is 4.85. The molecule has 2 aliphatic heterocycles. The standard InChI is InChI=1S/C18H19FN2O/c19-16-4-1-3-13(8-16)9-20-10-14-7-15(12-20)17-5-2-6-18(22)21(17)11-14/h1-6,8,14-15H,7,9-12H2. The van der Waals surface area contributed by atoms with Gasteiger partial charge >= 0.3 is 0 Å². The summed E-state index contributed by atoms with van der Waals surface area (Å²) in [5, 5.41) is 0. The van der Waals surface area contributed by atoms with Gasteiger partial charge in [0.05, 0.1) is 0 Å². The number of halogens is 1. The van der Waals surface area contributed by atoms with Crippen LogP contribution in [0.25, 0.3) is 0 Å². The molecule has 0 aliphatic carbocycles. The number of pyridine rings is 1. The highest BCUT2D eigenvalue weighted by atomic mass is 19.1. The van der Waals surface area contributed by atoms with Crippen LogP contribution in [0.15, 0.2) is 47.3 Å². The lowest BCUT2D eigenvalue weighted by Gasteiger charge is -2.42. The Morgan fingerprint density at radius 2 is 1.95 bits per heavy atom. The second-order valence-electron chi connectivity index (χ2n) is 6.52. The molecule has 2 bridgehead atoms. The Morgan fingerprint density at radius 3 is 2.82 bits per heavy atom. The van der Waals surface area contributed by atoms with Gasteiger partial charge in [0, 0.05) is 43.9 Å². The molecule has 1 aromatic heterocycles. The molecule has 4 heteroatoms. The summed E-state index contributed by atoms with van der Waals surface area (Å²) in [5.41, 5.74) is 2.30. The summed E-state index contributed by atoms with van der Waals surface area (Å²) in [6, 6.07) is 12.4. The topological polar surface area (TPSA) is 25.2 Å². The SMILES string of the molecule is O=c1cccc2n1CC1CC2CN(Cc2cccc(F)c2)C1. The molecule has 114 valence electrons. The third kappa shape index (κ3) is 2.48. The van der Waals surface area contributed by atoms with E-state index in [2.05, 4.69) is 11.0 Å². The molecule has 4 rings (SSSR count). The van der Waals surface area contributed by atoms with Crippen LogP contribution in [-0.4, -0.2) is 22.6 Å². The molecule has 2 unspecified atom stereocenters. The highest BCUT2D eigenvalue weighted by Crippen LogP contribution is 2.35. The number of piperidine rings is 1. The van der Waals surface area contributed by atoms with Gasteiger partial charge in [0.15, 0.2) is 0 Å². The quantitative estimate of drug-likeness (QED) is 0.851. The molecule has 2 aliphatic rings. The van der Waals surface area contributed by atoms with Gasteiger partial charge in [0.25, 0.3) is 5.56 Å². The van der Waals surface area contributed by atoms with Crippen molar-refractivity contribution in [3.8, 4) is 0 Å². The Hall–Kier alpha value is -1.94. The van der Waals surface area contributed by atoms with Crippen molar-refractivity contribution in [1.29, 1.82) is 0 Å². The first-order valence-corrected chi connectivity index (χ1v) is 7.85. The zero-order chi connectivity index (χ0) is 15.1. The van der Waals surface area contributed by atoms with Gasteiger partial charge in [-0.25, -0.2) is 4.39 Å². The minimum atomic E-state index is -0.174. The van der Waals surface area contributed by atoms with E-state index in [9.17, 15) is 9.18 Å². The first kappa shape index (κ1) is 13.7. The zero-order valence-corrected chi connectivity index (χ0v) is 12.4. The largest absolute Gasteiger partial charge is 0.312 e. The molecule has 0 radical (unpaired) electrons. The Bertz CT molecular complexity index is 755. The number of rotatable bonds is 2. The molecule has 3 nitrogen and oxygen atoms in total. The molecule has 1 fully saturated rings. The molecule has 0 spiro atoms. The second-order valence-corrected chi connectivity index (χ2v) is 6.52. The first-order chi connectivity index (χ1) is 10.7. The Kier molecular flexibility index (Phi) is 3.34. The van der Waals surface area contributed by atoms with Crippen LogP contribution in [0.1, 0.15) is 23.6 Å². The van der Waals surface area contributed by atoms with Gasteiger partial charge in [-0.15, -0.1) is 0 Å². The molecular weight excluding hydrogens is 279 g/mol. The van der Waals surface area contributed by atoms with Gasteiger partial charge < -0.3 is 4.57 Å². The molecule has 0 N–H and O–H groups in total. The number of hydrogen-bond donors (Lipinski definition) is 0. The van der Waals surface area contributed by atoms with Crippen LogP contribution in [0.2, 0.25) is 0 Å². The summed E-state index contributed by atoms with van der Waals surface area (Å²) in [4.78, 5) is 14.4. The van der Waals surface area contributed by atoms with E-state index in [1.807, 2.05) is 16.7 Å². The maximum Gasteiger partial charge on any atom is 0.250 e. The van der Waals surface area contributed by atoms with Crippen molar-refractivity contribution >= 4 is 0 Å². The van der Waals surface area contributed by atoms with Crippen molar-refractivity contribution in [2.75, 3.05) is 13.1 Å². The molecule has 2 aromatic rings. The zero-order valence-electron chi connectivity index (χ0n) is 12.4. The van der Waals surface area contributed by atoms with Gasteiger partial charge in [0.2, 0.25) is 0 Å². The summed E-state index contributed by atoms with van der Waals surface area (Å²) in [6.45, 7) is 3.51. The highest BCUT2D eigenvalue weighted by Gasteiger charge is 2.34. The van der Waals surface area contributed by atoms with E-state index >= 15 is 0 Å². The summed E-state index contributed by atoms with van der Waals surface area (Å²) >= 11 is 0. The molecular formula is C18H19FN2O. The van der Waals surface area contributed by atoms with E-state index < -0.39 is 0 Å².